The normalized spacial score (nSPS) is 16.0. The van der Waals surface area contributed by atoms with Crippen molar-refractivity contribution < 1.29 is 14.3 Å². The highest BCUT2D eigenvalue weighted by molar-refractivity contribution is 7.07. The Morgan fingerprint density at radius 3 is 2.41 bits per heavy atom. The maximum atomic E-state index is 13.7. The maximum absolute atomic E-state index is 13.7. The van der Waals surface area contributed by atoms with E-state index >= 15 is 0 Å². The molecule has 0 N–H and O–H groups in total. The number of aryl methyl sites for hydroxylation is 1. The Bertz CT molecular complexity index is 1470. The number of fused-ring (bicyclic) bond motifs is 1. The molecule has 0 aliphatic carbocycles. The Hall–Kier alpha value is -3.39. The van der Waals surface area contributed by atoms with Gasteiger partial charge in [-0.25, -0.2) is 9.79 Å². The topological polar surface area (TPSA) is 74.8 Å². The lowest BCUT2D eigenvalue weighted by Gasteiger charge is -2.25. The SMILES string of the molecule is COc1ccc([C@H]2C(C(=O)OC(C)C)=C(C)N=c3s/c(=C/c4cc(C)n(C)c4C)c(=O)n32)cc1. The van der Waals surface area contributed by atoms with Crippen LogP contribution in [0.4, 0.5) is 0 Å². The van der Waals surface area contributed by atoms with E-state index in [9.17, 15) is 9.59 Å². The van der Waals surface area contributed by atoms with Gasteiger partial charge in [0, 0.05) is 18.4 Å². The van der Waals surface area contributed by atoms with Crippen LogP contribution in [0.5, 0.6) is 5.75 Å². The van der Waals surface area contributed by atoms with Gasteiger partial charge in [-0.3, -0.25) is 9.36 Å². The number of benzene rings is 1. The zero-order valence-electron chi connectivity index (χ0n) is 20.5. The zero-order chi connectivity index (χ0) is 24.7. The predicted octanol–water partition coefficient (Wildman–Crippen LogP) is 3.15. The largest absolute Gasteiger partial charge is 0.497 e. The summed E-state index contributed by atoms with van der Waals surface area (Å²) < 4.78 is 15.1. The van der Waals surface area contributed by atoms with Crippen molar-refractivity contribution in [3.8, 4) is 5.75 Å². The van der Waals surface area contributed by atoms with E-state index in [-0.39, 0.29) is 11.7 Å². The van der Waals surface area contributed by atoms with Gasteiger partial charge >= 0.3 is 5.97 Å². The second-order valence-electron chi connectivity index (χ2n) is 8.69. The molecule has 4 rings (SSSR count). The molecular formula is C26H29N3O4S. The predicted molar refractivity (Wildman–Crippen MR) is 133 cm³/mol. The smallest absolute Gasteiger partial charge is 0.338 e. The van der Waals surface area contributed by atoms with Crippen LogP contribution in [0.3, 0.4) is 0 Å². The van der Waals surface area contributed by atoms with Gasteiger partial charge in [0.05, 0.1) is 35.1 Å². The third-order valence-electron chi connectivity index (χ3n) is 6.12. The lowest BCUT2D eigenvalue weighted by molar-refractivity contribution is -0.143. The summed E-state index contributed by atoms with van der Waals surface area (Å²) in [5, 5.41) is 0. The van der Waals surface area contributed by atoms with Crippen molar-refractivity contribution in [3.05, 3.63) is 83.8 Å². The summed E-state index contributed by atoms with van der Waals surface area (Å²) >= 11 is 1.33. The molecule has 0 saturated heterocycles. The van der Waals surface area contributed by atoms with Gasteiger partial charge in [0.2, 0.25) is 0 Å². The molecule has 0 spiro atoms. The Morgan fingerprint density at radius 1 is 1.18 bits per heavy atom. The molecule has 1 aliphatic heterocycles. The minimum Gasteiger partial charge on any atom is -0.497 e. The Balaban J connectivity index is 1.95. The van der Waals surface area contributed by atoms with E-state index in [1.807, 2.05) is 51.2 Å². The number of hydrogen-bond acceptors (Lipinski definition) is 6. The van der Waals surface area contributed by atoms with E-state index in [0.717, 1.165) is 22.5 Å². The van der Waals surface area contributed by atoms with Crippen LogP contribution >= 0.6 is 11.3 Å². The van der Waals surface area contributed by atoms with E-state index in [4.69, 9.17) is 9.47 Å². The number of esters is 1. The molecule has 3 aromatic rings. The van der Waals surface area contributed by atoms with E-state index in [1.165, 1.54) is 11.3 Å². The van der Waals surface area contributed by atoms with Crippen LogP contribution in [0.2, 0.25) is 0 Å². The third-order valence-corrected chi connectivity index (χ3v) is 7.10. The number of rotatable bonds is 5. The average Bonchev–Trinajstić information content (AvgIpc) is 3.22. The molecule has 0 amide bonds. The van der Waals surface area contributed by atoms with Gasteiger partial charge in [0.1, 0.15) is 5.75 Å². The summed E-state index contributed by atoms with van der Waals surface area (Å²) in [6.07, 6.45) is 1.61. The molecule has 1 aliphatic rings. The highest BCUT2D eigenvalue weighted by atomic mass is 32.1. The number of nitrogens with zero attached hydrogens (tertiary/aromatic N) is 3. The highest BCUT2D eigenvalue weighted by Gasteiger charge is 2.33. The number of methoxy groups -OCH3 is 1. The molecule has 1 atom stereocenters. The van der Waals surface area contributed by atoms with Gasteiger partial charge in [-0.15, -0.1) is 0 Å². The average molecular weight is 480 g/mol. The Labute approximate surface area is 202 Å². The van der Waals surface area contributed by atoms with Crippen LogP contribution in [0, 0.1) is 13.8 Å². The summed E-state index contributed by atoms with van der Waals surface area (Å²) in [4.78, 5) is 32.0. The van der Waals surface area contributed by atoms with E-state index < -0.39 is 12.0 Å². The molecule has 178 valence electrons. The van der Waals surface area contributed by atoms with Gasteiger partial charge in [0.15, 0.2) is 4.80 Å². The first-order valence-corrected chi connectivity index (χ1v) is 11.9. The minimum atomic E-state index is -0.644. The molecule has 1 aromatic carbocycles. The lowest BCUT2D eigenvalue weighted by atomic mass is 9.96. The first kappa shape index (κ1) is 23.8. The molecule has 0 bridgehead atoms. The summed E-state index contributed by atoms with van der Waals surface area (Å²) in [6, 6.07) is 8.79. The maximum Gasteiger partial charge on any atom is 0.338 e. The van der Waals surface area contributed by atoms with Crippen molar-refractivity contribution in [3.63, 3.8) is 0 Å². The fraction of sp³-hybridized carbons (Fsp3) is 0.346. The van der Waals surface area contributed by atoms with Crippen molar-refractivity contribution in [2.75, 3.05) is 7.11 Å². The van der Waals surface area contributed by atoms with Crippen molar-refractivity contribution in [2.24, 2.45) is 12.0 Å². The van der Waals surface area contributed by atoms with E-state index in [2.05, 4.69) is 15.6 Å². The Morgan fingerprint density at radius 2 is 1.85 bits per heavy atom. The van der Waals surface area contributed by atoms with Crippen LogP contribution in [-0.4, -0.2) is 28.3 Å². The molecule has 7 nitrogen and oxygen atoms in total. The number of carbonyl (C=O) groups is 1. The molecule has 0 saturated carbocycles. The first-order chi connectivity index (χ1) is 16.1. The summed E-state index contributed by atoms with van der Waals surface area (Å²) in [7, 11) is 3.60. The van der Waals surface area contributed by atoms with Crippen molar-refractivity contribution in [1.29, 1.82) is 0 Å². The third kappa shape index (κ3) is 4.14. The van der Waals surface area contributed by atoms with Gasteiger partial charge in [0.25, 0.3) is 5.56 Å². The molecule has 8 heteroatoms. The van der Waals surface area contributed by atoms with Crippen molar-refractivity contribution in [2.45, 2.75) is 46.8 Å². The first-order valence-electron chi connectivity index (χ1n) is 11.1. The molecule has 2 aromatic heterocycles. The minimum absolute atomic E-state index is 0.187. The zero-order valence-corrected chi connectivity index (χ0v) is 21.3. The van der Waals surface area contributed by atoms with Gasteiger partial charge < -0.3 is 14.0 Å². The fourth-order valence-corrected chi connectivity index (χ4v) is 5.17. The number of hydrogen-bond donors (Lipinski definition) is 0. The Kier molecular flexibility index (Phi) is 6.36. The van der Waals surface area contributed by atoms with Crippen molar-refractivity contribution >= 4 is 23.4 Å². The van der Waals surface area contributed by atoms with E-state index in [1.54, 1.807) is 32.4 Å². The lowest BCUT2D eigenvalue weighted by Crippen LogP contribution is -2.40. The number of aromatic nitrogens is 2. The summed E-state index contributed by atoms with van der Waals surface area (Å²) in [5.74, 6) is 0.221. The van der Waals surface area contributed by atoms with Crippen LogP contribution in [0.1, 0.15) is 49.3 Å². The van der Waals surface area contributed by atoms with Crippen LogP contribution < -0.4 is 19.6 Å². The second-order valence-corrected chi connectivity index (χ2v) is 9.70. The molecule has 3 heterocycles. The number of allylic oxidation sites excluding steroid dienone is 1. The monoisotopic (exact) mass is 479 g/mol. The fourth-order valence-electron chi connectivity index (χ4n) is 4.13. The van der Waals surface area contributed by atoms with E-state index in [0.29, 0.717) is 26.4 Å². The number of thiazole rings is 1. The molecule has 0 radical (unpaired) electrons. The summed E-state index contributed by atoms with van der Waals surface area (Å²) in [5.41, 5.74) is 4.68. The number of ether oxygens (including phenoxy) is 2. The van der Waals surface area contributed by atoms with Crippen molar-refractivity contribution in [1.82, 2.24) is 9.13 Å². The molecule has 0 fully saturated rings. The highest BCUT2D eigenvalue weighted by Crippen LogP contribution is 2.31. The van der Waals surface area contributed by atoms with Crippen LogP contribution in [-0.2, 0) is 16.6 Å². The van der Waals surface area contributed by atoms with Gasteiger partial charge in [-0.05, 0) is 70.0 Å². The van der Waals surface area contributed by atoms with Gasteiger partial charge in [-0.2, -0.15) is 0 Å². The molecular weight excluding hydrogens is 450 g/mol. The quantitative estimate of drug-likeness (QED) is 0.527. The van der Waals surface area contributed by atoms with Gasteiger partial charge in [-0.1, -0.05) is 23.5 Å². The van der Waals surface area contributed by atoms with Crippen LogP contribution in [0.25, 0.3) is 6.08 Å². The standard InChI is InChI=1S/C26H29N3O4S/c1-14(2)33-25(31)22-16(4)27-26-29(23(22)18-8-10-20(32-7)11-9-18)24(30)21(34-26)13-19-12-15(3)28(6)17(19)5/h8-14,23H,1-7H3/b21-13+/t23-/m0/s1. The van der Waals surface area contributed by atoms with Crippen LogP contribution in [0.15, 0.2) is 51.4 Å². The summed E-state index contributed by atoms with van der Waals surface area (Å²) in [6.45, 7) is 9.45. The second kappa shape index (κ2) is 9.10. The number of carbonyl (C=O) groups excluding carboxylic acids is 1. The molecule has 34 heavy (non-hydrogen) atoms. The molecule has 0 unspecified atom stereocenters.